The van der Waals surface area contributed by atoms with E-state index < -0.39 is 12.2 Å². The first-order chi connectivity index (χ1) is 16.8. The van der Waals surface area contributed by atoms with Gasteiger partial charge in [0.1, 0.15) is 17.8 Å². The van der Waals surface area contributed by atoms with Gasteiger partial charge in [-0.05, 0) is 51.7 Å². The van der Waals surface area contributed by atoms with Crippen LogP contribution < -0.4 is 5.32 Å². The number of rotatable bonds is 6. The molecular formula is C25H31FN4O5. The Morgan fingerprint density at radius 2 is 2.03 bits per heavy atom. The molecule has 1 atom stereocenters. The number of aliphatic imine (C=N–C) groups is 1. The van der Waals surface area contributed by atoms with Crippen molar-refractivity contribution in [2.24, 2.45) is 4.99 Å². The van der Waals surface area contributed by atoms with Gasteiger partial charge in [-0.1, -0.05) is 5.16 Å². The van der Waals surface area contributed by atoms with Gasteiger partial charge in [-0.25, -0.2) is 9.18 Å². The average Bonchev–Trinajstić information content (AvgIpc) is 3.26. The maximum Gasteiger partial charge on any atom is 0.409 e. The number of piperidine rings is 1. The van der Waals surface area contributed by atoms with E-state index in [1.165, 1.54) is 19.1 Å². The third-order valence-electron chi connectivity index (χ3n) is 6.61. The van der Waals surface area contributed by atoms with Gasteiger partial charge in [0, 0.05) is 54.7 Å². The molecule has 1 fully saturated rings. The molecule has 2 aliphatic rings. The molecule has 35 heavy (non-hydrogen) atoms. The van der Waals surface area contributed by atoms with Gasteiger partial charge in [0.2, 0.25) is 0 Å². The molecule has 0 bridgehead atoms. The van der Waals surface area contributed by atoms with Crippen LogP contribution in [0.2, 0.25) is 0 Å². The number of nitrogens with zero attached hydrogens (tertiary/aromatic N) is 3. The lowest BCUT2D eigenvalue weighted by atomic mass is 9.92. The smallest absolute Gasteiger partial charge is 0.409 e. The number of allylic oxidation sites excluding steroid dienone is 1. The second kappa shape index (κ2) is 11.0. The van der Waals surface area contributed by atoms with Crippen LogP contribution in [0.1, 0.15) is 57.6 Å². The zero-order chi connectivity index (χ0) is 24.9. The number of likely N-dealkylation sites (tertiary alicyclic amines) is 1. The molecule has 3 heterocycles. The van der Waals surface area contributed by atoms with Crippen LogP contribution in [0.4, 0.5) is 9.18 Å². The predicted octanol–water partition coefficient (Wildman–Crippen LogP) is 3.68. The predicted molar refractivity (Wildman–Crippen MR) is 128 cm³/mol. The van der Waals surface area contributed by atoms with E-state index in [0.717, 1.165) is 17.5 Å². The van der Waals surface area contributed by atoms with Gasteiger partial charge in [0.25, 0.3) is 0 Å². The minimum atomic E-state index is -0.663. The number of carbonyl (C=O) groups excluding carboxylic acids is 2. The summed E-state index contributed by atoms with van der Waals surface area (Å²) in [5, 5.41) is 18.1. The lowest BCUT2D eigenvalue weighted by Gasteiger charge is -2.30. The number of halogens is 1. The van der Waals surface area contributed by atoms with E-state index in [2.05, 4.69) is 15.5 Å². The summed E-state index contributed by atoms with van der Waals surface area (Å²) in [6, 6.07) is 4.39. The number of hydrogen-bond acceptors (Lipinski definition) is 8. The van der Waals surface area contributed by atoms with Crippen molar-refractivity contribution in [3.8, 4) is 0 Å². The van der Waals surface area contributed by atoms with Crippen molar-refractivity contribution in [3.05, 3.63) is 41.0 Å². The summed E-state index contributed by atoms with van der Waals surface area (Å²) in [4.78, 5) is 30.7. The molecule has 0 aliphatic carbocycles. The third kappa shape index (κ3) is 5.87. The number of aromatic nitrogens is 1. The number of fused-ring (bicyclic) bond motifs is 1. The number of aliphatic hydroxyl groups is 1. The zero-order valence-corrected chi connectivity index (χ0v) is 20.1. The molecule has 2 aliphatic heterocycles. The number of hydrogen-bond donors (Lipinski definition) is 2. The highest BCUT2D eigenvalue weighted by Crippen LogP contribution is 2.33. The van der Waals surface area contributed by atoms with Crippen LogP contribution in [0, 0.1) is 5.82 Å². The second-order valence-electron chi connectivity index (χ2n) is 9.04. The highest BCUT2D eigenvalue weighted by atomic mass is 19.1. The van der Waals surface area contributed by atoms with E-state index in [-0.39, 0.29) is 30.5 Å². The van der Waals surface area contributed by atoms with E-state index in [1.54, 1.807) is 17.9 Å². The standard InChI is InChI=1S/C25H31FN4O5/c1-15(28-24-21(32)4-3-10-27-24)19(16(2)31)9-13-34-25(33)30-11-7-17(8-12-30)23-20-6-5-18(26)14-22(20)35-29-23/h5-6,14,17,21,32H,3-4,7-13H2,1-2H3,(H,27,28)/b19-15-. The summed E-state index contributed by atoms with van der Waals surface area (Å²) in [5.74, 6) is 0.0894. The van der Waals surface area contributed by atoms with E-state index in [4.69, 9.17) is 9.26 Å². The first kappa shape index (κ1) is 24.8. The van der Waals surface area contributed by atoms with Gasteiger partial charge in [0.15, 0.2) is 11.4 Å². The second-order valence-corrected chi connectivity index (χ2v) is 9.04. The Morgan fingerprint density at radius 1 is 1.26 bits per heavy atom. The maximum atomic E-state index is 13.4. The summed E-state index contributed by atoms with van der Waals surface area (Å²) in [5.41, 5.74) is 2.33. The van der Waals surface area contributed by atoms with Crippen LogP contribution in [0.5, 0.6) is 0 Å². The minimum Gasteiger partial charge on any atom is -0.449 e. The first-order valence-corrected chi connectivity index (χ1v) is 12.0. The van der Waals surface area contributed by atoms with E-state index in [0.29, 0.717) is 61.6 Å². The summed E-state index contributed by atoms with van der Waals surface area (Å²) in [6.45, 7) is 4.95. The number of nitrogens with one attached hydrogen (secondary N) is 1. The van der Waals surface area contributed by atoms with Crippen LogP contribution in [-0.2, 0) is 9.53 Å². The Hall–Kier alpha value is -3.27. The number of aliphatic hydroxyl groups excluding tert-OH is 1. The summed E-state index contributed by atoms with van der Waals surface area (Å²) >= 11 is 0. The lowest BCUT2D eigenvalue weighted by molar-refractivity contribution is -0.113. The third-order valence-corrected chi connectivity index (χ3v) is 6.61. The van der Waals surface area contributed by atoms with Crippen molar-refractivity contribution in [2.45, 2.75) is 58.0 Å². The van der Waals surface area contributed by atoms with Gasteiger partial charge < -0.3 is 24.6 Å². The number of ether oxygens (including phenoxy) is 1. The van der Waals surface area contributed by atoms with E-state index in [9.17, 15) is 19.1 Å². The fourth-order valence-corrected chi connectivity index (χ4v) is 4.64. The molecule has 0 radical (unpaired) electrons. The van der Waals surface area contributed by atoms with Gasteiger partial charge in [-0.3, -0.25) is 9.79 Å². The minimum absolute atomic E-state index is 0.0706. The molecule has 1 saturated heterocycles. The monoisotopic (exact) mass is 486 g/mol. The molecule has 4 rings (SSSR count). The fourth-order valence-electron chi connectivity index (χ4n) is 4.64. The molecule has 1 amide bonds. The molecule has 2 N–H and O–H groups in total. The summed E-state index contributed by atoms with van der Waals surface area (Å²) in [6.07, 6.45) is 2.03. The molecule has 188 valence electrons. The Kier molecular flexibility index (Phi) is 7.80. The largest absolute Gasteiger partial charge is 0.449 e. The number of benzene rings is 1. The normalized spacial score (nSPS) is 19.8. The molecule has 0 saturated carbocycles. The Labute approximate surface area is 203 Å². The summed E-state index contributed by atoms with van der Waals surface area (Å²) < 4.78 is 24.1. The molecule has 2 aromatic rings. The van der Waals surface area contributed by atoms with Crippen molar-refractivity contribution >= 4 is 28.7 Å². The van der Waals surface area contributed by atoms with Crippen molar-refractivity contribution < 1.29 is 28.3 Å². The van der Waals surface area contributed by atoms with Crippen LogP contribution in [0.3, 0.4) is 0 Å². The molecular weight excluding hydrogens is 455 g/mol. The topological polar surface area (TPSA) is 117 Å². The lowest BCUT2D eigenvalue weighted by Crippen LogP contribution is -2.38. The highest BCUT2D eigenvalue weighted by Gasteiger charge is 2.28. The maximum absolute atomic E-state index is 13.4. The molecule has 9 nitrogen and oxygen atoms in total. The van der Waals surface area contributed by atoms with Gasteiger partial charge in [-0.15, -0.1) is 0 Å². The van der Waals surface area contributed by atoms with Crippen LogP contribution in [0.15, 0.2) is 39.0 Å². The number of Topliss-reactive ketones (excluding diaryl/α,β-unsaturated/α-hetero) is 1. The van der Waals surface area contributed by atoms with Gasteiger partial charge in [0.05, 0.1) is 12.3 Å². The Bertz CT molecular complexity index is 1150. The van der Waals surface area contributed by atoms with Gasteiger partial charge >= 0.3 is 6.09 Å². The fraction of sp³-hybridized carbons (Fsp3) is 0.520. The molecule has 1 aromatic carbocycles. The number of amides is 1. The van der Waals surface area contributed by atoms with E-state index >= 15 is 0 Å². The number of carbonyl (C=O) groups is 2. The van der Waals surface area contributed by atoms with Crippen molar-refractivity contribution in [2.75, 3.05) is 26.2 Å². The van der Waals surface area contributed by atoms with Crippen LogP contribution in [-0.4, -0.2) is 65.2 Å². The highest BCUT2D eigenvalue weighted by molar-refractivity contribution is 5.96. The Balaban J connectivity index is 1.28. The Morgan fingerprint density at radius 3 is 2.74 bits per heavy atom. The molecule has 0 spiro atoms. The van der Waals surface area contributed by atoms with Gasteiger partial charge in [-0.2, -0.15) is 0 Å². The van der Waals surface area contributed by atoms with Crippen molar-refractivity contribution in [1.29, 1.82) is 0 Å². The summed E-state index contributed by atoms with van der Waals surface area (Å²) in [7, 11) is 0. The average molecular weight is 487 g/mol. The van der Waals surface area contributed by atoms with Crippen molar-refractivity contribution in [1.82, 2.24) is 15.4 Å². The van der Waals surface area contributed by atoms with Crippen molar-refractivity contribution in [3.63, 3.8) is 0 Å². The SMILES string of the molecule is CC(=O)/C(CCOC(=O)N1CCC(c2noc3cc(F)ccc23)CC1)=C(/C)NC1=NCCCC1O. The molecule has 10 heteroatoms. The first-order valence-electron chi connectivity index (χ1n) is 12.0. The van der Waals surface area contributed by atoms with Crippen LogP contribution in [0.25, 0.3) is 11.0 Å². The van der Waals surface area contributed by atoms with E-state index in [1.807, 2.05) is 0 Å². The number of amidine groups is 1. The molecule has 1 unspecified atom stereocenters. The quantitative estimate of drug-likeness (QED) is 0.598. The zero-order valence-electron chi connectivity index (χ0n) is 20.1. The van der Waals surface area contributed by atoms with Crippen LogP contribution >= 0.6 is 0 Å². The molecule has 1 aromatic heterocycles. The number of ketones is 1.